The normalized spacial score (nSPS) is 23.1. The van der Waals surface area contributed by atoms with E-state index in [0.29, 0.717) is 19.5 Å². The van der Waals surface area contributed by atoms with Crippen LogP contribution in [0.15, 0.2) is 12.7 Å². The smallest absolute Gasteiger partial charge is 0.410 e. The second-order valence-electron chi connectivity index (χ2n) is 5.80. The average molecular weight is 269 g/mol. The molecular weight excluding hydrogens is 246 g/mol. The van der Waals surface area contributed by atoms with Gasteiger partial charge in [0.05, 0.1) is 13.0 Å². The van der Waals surface area contributed by atoms with E-state index in [1.165, 1.54) is 7.11 Å². The van der Waals surface area contributed by atoms with Gasteiger partial charge in [-0.25, -0.2) is 4.79 Å². The van der Waals surface area contributed by atoms with E-state index in [0.717, 1.165) is 0 Å². The molecule has 0 bridgehead atoms. The maximum absolute atomic E-state index is 12.0. The van der Waals surface area contributed by atoms with Crippen LogP contribution in [0.25, 0.3) is 0 Å². The number of carbonyl (C=O) groups is 2. The summed E-state index contributed by atoms with van der Waals surface area (Å²) >= 11 is 0. The Bertz CT molecular complexity index is 359. The first-order valence-electron chi connectivity index (χ1n) is 6.45. The first-order valence-corrected chi connectivity index (χ1v) is 6.45. The van der Waals surface area contributed by atoms with Crippen molar-refractivity contribution in [2.45, 2.75) is 32.8 Å². The molecule has 0 radical (unpaired) electrons. The number of allylic oxidation sites excluding steroid dienone is 1. The standard InChI is InChI=1S/C14H23NO4/c1-6-7-10-8-15(9-11(10)12(16)18-5)13(17)19-14(2,3)4/h6,10-11H,1,7-9H2,2-5H3/t10-,11?/m0/s1. The van der Waals surface area contributed by atoms with Crippen molar-refractivity contribution in [1.82, 2.24) is 4.90 Å². The SMILES string of the molecule is C=CC[C@H]1CN(C(=O)OC(C)(C)C)CC1C(=O)OC. The Labute approximate surface area is 114 Å². The van der Waals surface area contributed by atoms with E-state index in [1.54, 1.807) is 11.0 Å². The molecule has 0 saturated carbocycles. The highest BCUT2D eigenvalue weighted by Gasteiger charge is 2.40. The van der Waals surface area contributed by atoms with Gasteiger partial charge in [0.25, 0.3) is 0 Å². The highest BCUT2D eigenvalue weighted by atomic mass is 16.6. The Balaban J connectivity index is 2.71. The van der Waals surface area contributed by atoms with Crippen molar-refractivity contribution in [3.8, 4) is 0 Å². The minimum Gasteiger partial charge on any atom is -0.469 e. The summed E-state index contributed by atoms with van der Waals surface area (Å²) in [6, 6.07) is 0. The second kappa shape index (κ2) is 6.08. The van der Waals surface area contributed by atoms with Crippen molar-refractivity contribution < 1.29 is 19.1 Å². The Morgan fingerprint density at radius 3 is 2.47 bits per heavy atom. The van der Waals surface area contributed by atoms with E-state index in [2.05, 4.69) is 6.58 Å². The van der Waals surface area contributed by atoms with Crippen LogP contribution >= 0.6 is 0 Å². The van der Waals surface area contributed by atoms with Gasteiger partial charge >= 0.3 is 12.1 Å². The monoisotopic (exact) mass is 269 g/mol. The number of esters is 1. The number of likely N-dealkylation sites (tertiary alicyclic amines) is 1. The van der Waals surface area contributed by atoms with E-state index < -0.39 is 5.60 Å². The molecule has 1 fully saturated rings. The van der Waals surface area contributed by atoms with Gasteiger partial charge in [-0.05, 0) is 33.1 Å². The quantitative estimate of drug-likeness (QED) is 0.582. The van der Waals surface area contributed by atoms with Crippen LogP contribution < -0.4 is 0 Å². The second-order valence-corrected chi connectivity index (χ2v) is 5.80. The Morgan fingerprint density at radius 1 is 1.37 bits per heavy atom. The van der Waals surface area contributed by atoms with Gasteiger partial charge in [-0.15, -0.1) is 6.58 Å². The zero-order valence-corrected chi connectivity index (χ0v) is 12.1. The predicted molar refractivity (Wildman–Crippen MR) is 71.6 cm³/mol. The molecule has 0 aromatic rings. The Morgan fingerprint density at radius 2 is 2.00 bits per heavy atom. The fourth-order valence-electron chi connectivity index (χ4n) is 2.22. The van der Waals surface area contributed by atoms with Crippen molar-refractivity contribution in [3.63, 3.8) is 0 Å². The third-order valence-corrected chi connectivity index (χ3v) is 3.07. The number of rotatable bonds is 3. The maximum Gasteiger partial charge on any atom is 0.410 e. The minimum absolute atomic E-state index is 0.0532. The number of hydrogen-bond donors (Lipinski definition) is 0. The van der Waals surface area contributed by atoms with Crippen LogP contribution in [-0.4, -0.2) is 42.8 Å². The highest BCUT2D eigenvalue weighted by Crippen LogP contribution is 2.28. The third kappa shape index (κ3) is 4.26. The molecular formula is C14H23NO4. The van der Waals surface area contributed by atoms with Crippen molar-refractivity contribution >= 4 is 12.1 Å². The third-order valence-electron chi connectivity index (χ3n) is 3.07. The molecule has 5 nitrogen and oxygen atoms in total. The van der Waals surface area contributed by atoms with Crippen molar-refractivity contribution in [1.29, 1.82) is 0 Å². The van der Waals surface area contributed by atoms with Crippen LogP contribution in [0, 0.1) is 11.8 Å². The first-order chi connectivity index (χ1) is 8.78. The summed E-state index contributed by atoms with van der Waals surface area (Å²) in [5, 5.41) is 0. The van der Waals surface area contributed by atoms with Gasteiger partial charge in [-0.2, -0.15) is 0 Å². The molecule has 108 valence electrons. The molecule has 0 aliphatic carbocycles. The summed E-state index contributed by atoms with van der Waals surface area (Å²) in [6.45, 7) is 9.99. The number of hydrogen-bond acceptors (Lipinski definition) is 4. The number of nitrogens with zero attached hydrogens (tertiary/aromatic N) is 1. The lowest BCUT2D eigenvalue weighted by atomic mass is 9.93. The Kier molecular flexibility index (Phi) is 4.97. The molecule has 0 N–H and O–H groups in total. The summed E-state index contributed by atoms with van der Waals surface area (Å²) in [5.41, 5.74) is -0.533. The molecule has 1 unspecified atom stereocenters. The molecule has 1 amide bonds. The summed E-state index contributed by atoms with van der Waals surface area (Å²) in [7, 11) is 1.36. The molecule has 0 spiro atoms. The molecule has 19 heavy (non-hydrogen) atoms. The zero-order chi connectivity index (χ0) is 14.6. The molecule has 0 aromatic heterocycles. The molecule has 1 heterocycles. The van der Waals surface area contributed by atoms with Crippen LogP contribution in [0.1, 0.15) is 27.2 Å². The van der Waals surface area contributed by atoms with E-state index >= 15 is 0 Å². The minimum atomic E-state index is -0.533. The average Bonchev–Trinajstić information content (AvgIpc) is 2.70. The summed E-state index contributed by atoms with van der Waals surface area (Å²) in [5.74, 6) is -0.522. The van der Waals surface area contributed by atoms with Gasteiger partial charge in [0, 0.05) is 13.1 Å². The lowest BCUT2D eigenvalue weighted by Crippen LogP contribution is -2.36. The molecule has 0 aromatic carbocycles. The van der Waals surface area contributed by atoms with Crippen molar-refractivity contribution in [2.24, 2.45) is 11.8 Å². The van der Waals surface area contributed by atoms with Gasteiger partial charge in [0.1, 0.15) is 5.60 Å². The van der Waals surface area contributed by atoms with Gasteiger partial charge in [0.15, 0.2) is 0 Å². The van der Waals surface area contributed by atoms with Crippen molar-refractivity contribution in [2.75, 3.05) is 20.2 Å². The lowest BCUT2D eigenvalue weighted by Gasteiger charge is -2.24. The molecule has 1 aliphatic heterocycles. The van der Waals surface area contributed by atoms with Crippen LogP contribution in [0.3, 0.4) is 0 Å². The van der Waals surface area contributed by atoms with E-state index in [4.69, 9.17) is 9.47 Å². The summed E-state index contributed by atoms with van der Waals surface area (Å²) in [4.78, 5) is 25.3. The van der Waals surface area contributed by atoms with Gasteiger partial charge < -0.3 is 14.4 Å². The lowest BCUT2D eigenvalue weighted by molar-refractivity contribution is -0.146. The number of carbonyl (C=O) groups excluding carboxylic acids is 2. The van der Waals surface area contributed by atoms with Crippen LogP contribution in [0.5, 0.6) is 0 Å². The van der Waals surface area contributed by atoms with E-state index in [9.17, 15) is 9.59 Å². The van der Waals surface area contributed by atoms with Crippen molar-refractivity contribution in [3.05, 3.63) is 12.7 Å². The Hall–Kier alpha value is -1.52. The number of methoxy groups -OCH3 is 1. The van der Waals surface area contributed by atoms with Crippen LogP contribution in [0.4, 0.5) is 4.79 Å². The van der Waals surface area contributed by atoms with Gasteiger partial charge in [-0.3, -0.25) is 4.79 Å². The van der Waals surface area contributed by atoms with Crippen LogP contribution in [0.2, 0.25) is 0 Å². The molecule has 2 atom stereocenters. The van der Waals surface area contributed by atoms with Gasteiger partial charge in [-0.1, -0.05) is 6.08 Å². The highest BCUT2D eigenvalue weighted by molar-refractivity contribution is 5.76. The topological polar surface area (TPSA) is 55.8 Å². The molecule has 1 saturated heterocycles. The number of ether oxygens (including phenoxy) is 2. The molecule has 1 rings (SSSR count). The van der Waals surface area contributed by atoms with E-state index in [-0.39, 0.29) is 23.9 Å². The summed E-state index contributed by atoms with van der Waals surface area (Å²) < 4.78 is 10.1. The largest absolute Gasteiger partial charge is 0.469 e. The summed E-state index contributed by atoms with van der Waals surface area (Å²) in [6.07, 6.45) is 2.06. The molecule has 5 heteroatoms. The maximum atomic E-state index is 12.0. The number of amides is 1. The van der Waals surface area contributed by atoms with Crippen LogP contribution in [-0.2, 0) is 14.3 Å². The predicted octanol–water partition coefficient (Wildman–Crippen LogP) is 2.22. The fourth-order valence-corrected chi connectivity index (χ4v) is 2.22. The van der Waals surface area contributed by atoms with Gasteiger partial charge in [0.2, 0.25) is 0 Å². The zero-order valence-electron chi connectivity index (χ0n) is 12.1. The first kappa shape index (κ1) is 15.5. The fraction of sp³-hybridized carbons (Fsp3) is 0.714. The molecule has 1 aliphatic rings. The van der Waals surface area contributed by atoms with E-state index in [1.807, 2.05) is 20.8 Å².